The molecule has 0 aromatic heterocycles. The van der Waals surface area contributed by atoms with Gasteiger partial charge in [-0.3, -0.25) is 9.59 Å². The molecule has 0 bridgehead atoms. The predicted octanol–water partition coefficient (Wildman–Crippen LogP) is 3.34. The number of hydrogen-bond acceptors (Lipinski definition) is 3. The molecule has 0 aliphatic rings. The van der Waals surface area contributed by atoms with Crippen LogP contribution in [0.15, 0.2) is 18.2 Å². The van der Waals surface area contributed by atoms with E-state index in [-0.39, 0.29) is 47.9 Å². The van der Waals surface area contributed by atoms with Crippen molar-refractivity contribution in [1.29, 1.82) is 0 Å². The van der Waals surface area contributed by atoms with Crippen molar-refractivity contribution in [1.82, 2.24) is 5.32 Å². The molecule has 5 nitrogen and oxygen atoms in total. The molecule has 0 saturated carbocycles. The number of nitrogens with two attached hydrogens (primary N) is 1. The number of hydrogen-bond donors (Lipinski definition) is 3. The minimum atomic E-state index is -0.640. The highest BCUT2D eigenvalue weighted by Crippen LogP contribution is 2.19. The van der Waals surface area contributed by atoms with Crippen molar-refractivity contribution >= 4 is 29.9 Å². The average molecular weight is 374 g/mol. The Morgan fingerprint density at radius 1 is 1.24 bits per heavy atom. The van der Waals surface area contributed by atoms with Gasteiger partial charge in [-0.1, -0.05) is 27.7 Å². The summed E-state index contributed by atoms with van der Waals surface area (Å²) < 4.78 is 14.2. The molecule has 0 aliphatic carbocycles. The van der Waals surface area contributed by atoms with Gasteiger partial charge in [0.2, 0.25) is 5.91 Å². The Morgan fingerprint density at radius 2 is 1.84 bits per heavy atom. The fourth-order valence-corrected chi connectivity index (χ4v) is 2.09. The molecule has 1 rings (SSSR count). The molecule has 1 aromatic rings. The van der Waals surface area contributed by atoms with Gasteiger partial charge < -0.3 is 16.4 Å². The van der Waals surface area contributed by atoms with Gasteiger partial charge in [-0.2, -0.15) is 0 Å². The zero-order valence-corrected chi connectivity index (χ0v) is 16.3. The normalized spacial score (nSPS) is 13.2. The second-order valence-electron chi connectivity index (χ2n) is 7.07. The zero-order valence-electron chi connectivity index (χ0n) is 15.5. The van der Waals surface area contributed by atoms with E-state index in [0.29, 0.717) is 6.42 Å². The van der Waals surface area contributed by atoms with Crippen molar-refractivity contribution in [3.05, 3.63) is 29.6 Å². The van der Waals surface area contributed by atoms with Gasteiger partial charge in [-0.05, 0) is 37.0 Å². The highest BCUT2D eigenvalue weighted by Gasteiger charge is 2.29. The third kappa shape index (κ3) is 6.63. The summed E-state index contributed by atoms with van der Waals surface area (Å²) in [5.41, 5.74) is 5.44. The summed E-state index contributed by atoms with van der Waals surface area (Å²) in [6.07, 6.45) is 0.310. The Hall–Kier alpha value is -1.66. The molecule has 1 atom stereocenters. The Morgan fingerprint density at radius 3 is 2.28 bits per heavy atom. The lowest BCUT2D eigenvalue weighted by atomic mass is 9.88. The van der Waals surface area contributed by atoms with E-state index in [1.165, 1.54) is 12.1 Å². The molecule has 142 valence electrons. The quantitative estimate of drug-likeness (QED) is 0.685. The van der Waals surface area contributed by atoms with Crippen LogP contribution in [-0.4, -0.2) is 23.9 Å². The molecular formula is C18H29ClFN3O2. The molecule has 4 N–H and O–H groups in total. The lowest BCUT2D eigenvalue weighted by Gasteiger charge is -2.33. The Bertz CT molecular complexity index is 608. The van der Waals surface area contributed by atoms with E-state index in [1.807, 2.05) is 34.6 Å². The number of halogens is 2. The summed E-state index contributed by atoms with van der Waals surface area (Å²) in [6, 6.07) is 4.01. The molecule has 0 aliphatic heterocycles. The summed E-state index contributed by atoms with van der Waals surface area (Å²) in [5.74, 6) is -0.972. The second kappa shape index (κ2) is 9.73. The molecule has 7 heteroatoms. The van der Waals surface area contributed by atoms with Crippen LogP contribution in [-0.2, 0) is 4.79 Å². The fourth-order valence-electron chi connectivity index (χ4n) is 2.09. The third-order valence-electron chi connectivity index (χ3n) is 4.20. The number of carbonyl (C=O) groups excluding carboxylic acids is 2. The summed E-state index contributed by atoms with van der Waals surface area (Å²) in [4.78, 5) is 24.1. The highest BCUT2D eigenvalue weighted by molar-refractivity contribution is 5.96. The predicted molar refractivity (Wildman–Crippen MR) is 101 cm³/mol. The maximum absolute atomic E-state index is 14.2. The van der Waals surface area contributed by atoms with E-state index in [2.05, 4.69) is 10.6 Å². The molecule has 1 aromatic carbocycles. The van der Waals surface area contributed by atoms with Crippen LogP contribution >= 0.6 is 12.4 Å². The van der Waals surface area contributed by atoms with Crippen molar-refractivity contribution in [2.45, 2.75) is 46.6 Å². The van der Waals surface area contributed by atoms with Crippen LogP contribution in [0, 0.1) is 17.7 Å². The van der Waals surface area contributed by atoms with Gasteiger partial charge in [0, 0.05) is 18.5 Å². The topological polar surface area (TPSA) is 84.2 Å². The lowest BCUT2D eigenvalue weighted by Crippen LogP contribution is -2.55. The minimum Gasteiger partial charge on any atom is -0.345 e. The van der Waals surface area contributed by atoms with Gasteiger partial charge in [0.15, 0.2) is 0 Å². The third-order valence-corrected chi connectivity index (χ3v) is 4.20. The van der Waals surface area contributed by atoms with E-state index >= 15 is 0 Å². The van der Waals surface area contributed by atoms with Gasteiger partial charge >= 0.3 is 0 Å². The highest BCUT2D eigenvalue weighted by atomic mass is 35.5. The Balaban J connectivity index is 0.00000576. The fraction of sp³-hybridized carbons (Fsp3) is 0.556. The van der Waals surface area contributed by atoms with Crippen molar-refractivity contribution in [3.63, 3.8) is 0 Å². The smallest absolute Gasteiger partial charge is 0.251 e. The van der Waals surface area contributed by atoms with Crippen LogP contribution in [0.25, 0.3) is 0 Å². The summed E-state index contributed by atoms with van der Waals surface area (Å²) >= 11 is 0. The van der Waals surface area contributed by atoms with Crippen LogP contribution in [0.4, 0.5) is 10.1 Å². The zero-order chi connectivity index (χ0) is 18.5. The van der Waals surface area contributed by atoms with E-state index in [0.717, 1.165) is 6.07 Å². The van der Waals surface area contributed by atoms with Crippen LogP contribution in [0.5, 0.6) is 0 Å². The molecule has 1 unspecified atom stereocenters. The van der Waals surface area contributed by atoms with Crippen molar-refractivity contribution in [2.24, 2.45) is 17.6 Å². The Labute approximate surface area is 155 Å². The van der Waals surface area contributed by atoms with E-state index in [1.54, 1.807) is 0 Å². The number of nitrogens with one attached hydrogen (secondary N) is 2. The van der Waals surface area contributed by atoms with Crippen molar-refractivity contribution in [2.75, 3.05) is 11.9 Å². The number of amides is 2. The molecule has 2 amide bonds. The molecule has 0 fully saturated rings. The molecule has 0 heterocycles. The largest absolute Gasteiger partial charge is 0.345 e. The maximum atomic E-state index is 14.2. The molecule has 25 heavy (non-hydrogen) atoms. The SMILES string of the molecule is CC(C)CC(=O)Nc1ccc(C(=O)NC(C)(CN)C(C)C)cc1F.Cl. The average Bonchev–Trinajstić information content (AvgIpc) is 2.47. The van der Waals surface area contributed by atoms with Gasteiger partial charge in [0.25, 0.3) is 5.91 Å². The number of carbonyl (C=O) groups is 2. The summed E-state index contributed by atoms with van der Waals surface area (Å²) in [6.45, 7) is 9.87. The molecule has 0 saturated heterocycles. The van der Waals surface area contributed by atoms with E-state index < -0.39 is 17.3 Å². The molecular weight excluding hydrogens is 345 g/mol. The lowest BCUT2D eigenvalue weighted by molar-refractivity contribution is -0.116. The first-order valence-electron chi connectivity index (χ1n) is 8.21. The Kier molecular flexibility index (Phi) is 9.08. The number of anilines is 1. The van der Waals surface area contributed by atoms with Crippen LogP contribution in [0.3, 0.4) is 0 Å². The van der Waals surface area contributed by atoms with Gasteiger partial charge in [0.1, 0.15) is 5.82 Å². The maximum Gasteiger partial charge on any atom is 0.251 e. The second-order valence-corrected chi connectivity index (χ2v) is 7.07. The number of benzene rings is 1. The monoisotopic (exact) mass is 373 g/mol. The van der Waals surface area contributed by atoms with Gasteiger partial charge in [-0.15, -0.1) is 12.4 Å². The first kappa shape index (κ1) is 23.3. The van der Waals surface area contributed by atoms with Gasteiger partial charge in [0.05, 0.1) is 11.2 Å². The van der Waals surface area contributed by atoms with E-state index in [4.69, 9.17) is 5.73 Å². The standard InChI is InChI=1S/C18H28FN3O2.ClH/c1-11(2)8-16(23)21-15-7-6-13(9-14(15)19)17(24)22-18(5,10-20)12(3)4;/h6-7,9,11-12H,8,10,20H2,1-5H3,(H,21,23)(H,22,24);1H. The van der Waals surface area contributed by atoms with Crippen molar-refractivity contribution in [3.8, 4) is 0 Å². The minimum absolute atomic E-state index is 0. The van der Waals surface area contributed by atoms with Crippen LogP contribution < -0.4 is 16.4 Å². The summed E-state index contributed by atoms with van der Waals surface area (Å²) in [5, 5.41) is 5.37. The van der Waals surface area contributed by atoms with Crippen LogP contribution in [0.1, 0.15) is 51.4 Å². The first-order valence-corrected chi connectivity index (χ1v) is 8.21. The van der Waals surface area contributed by atoms with E-state index in [9.17, 15) is 14.0 Å². The first-order chi connectivity index (χ1) is 11.1. The molecule has 0 radical (unpaired) electrons. The number of rotatable bonds is 7. The summed E-state index contributed by atoms with van der Waals surface area (Å²) in [7, 11) is 0. The molecule has 0 spiro atoms. The van der Waals surface area contributed by atoms with Crippen molar-refractivity contribution < 1.29 is 14.0 Å². The van der Waals surface area contributed by atoms with Gasteiger partial charge in [-0.25, -0.2) is 4.39 Å². The van der Waals surface area contributed by atoms with Crippen LogP contribution in [0.2, 0.25) is 0 Å².